The lowest BCUT2D eigenvalue weighted by Gasteiger charge is -2.25. The third kappa shape index (κ3) is 7.09. The summed E-state index contributed by atoms with van der Waals surface area (Å²) in [4.78, 5) is 0. The molecule has 0 atom stereocenters. The highest BCUT2D eigenvalue weighted by Crippen LogP contribution is 2.27. The molecule has 0 unspecified atom stereocenters. The highest BCUT2D eigenvalue weighted by molar-refractivity contribution is 7.86. The number of unbranched alkanes of at least 4 members (excludes halogenated alkanes) is 5. The Morgan fingerprint density at radius 1 is 0.952 bits per heavy atom. The van der Waals surface area contributed by atoms with Gasteiger partial charge in [-0.3, -0.25) is 4.18 Å². The van der Waals surface area contributed by atoms with E-state index in [2.05, 4.69) is 6.92 Å². The topological polar surface area (TPSA) is 43.4 Å². The first kappa shape index (κ1) is 18.2. The molecule has 0 aliphatic rings. The molecular formula is C17H28O3S. The molecule has 4 heteroatoms. The molecule has 0 aliphatic carbocycles. The molecule has 0 spiro atoms. The maximum atomic E-state index is 12.1. The predicted octanol–water partition coefficient (Wildman–Crippen LogP) is 4.63. The van der Waals surface area contributed by atoms with Crippen LogP contribution < -0.4 is 0 Å². The normalized spacial score (nSPS) is 12.5. The molecule has 0 aliphatic heterocycles. The van der Waals surface area contributed by atoms with Crippen molar-refractivity contribution in [2.45, 2.75) is 64.9 Å². The standard InChI is InChI=1S/C17H28O3S/c1-4-5-6-7-8-12-15-21(18,19)20-17(2,3)16-13-10-9-11-14-16/h9-11,13-14H,4-8,12,15H2,1-3H3. The molecule has 0 amide bonds. The molecule has 0 fully saturated rings. The van der Waals surface area contributed by atoms with E-state index in [1.807, 2.05) is 30.3 Å². The van der Waals surface area contributed by atoms with Gasteiger partial charge in [0.2, 0.25) is 0 Å². The van der Waals surface area contributed by atoms with Crippen molar-refractivity contribution in [3.63, 3.8) is 0 Å². The Balaban J connectivity index is 2.45. The average Bonchev–Trinajstić information content (AvgIpc) is 2.42. The van der Waals surface area contributed by atoms with Crippen LogP contribution in [0.25, 0.3) is 0 Å². The Kier molecular flexibility index (Phi) is 7.40. The largest absolute Gasteiger partial charge is 0.268 e. The second-order valence-corrected chi connectivity index (χ2v) is 7.68. The van der Waals surface area contributed by atoms with E-state index in [-0.39, 0.29) is 5.75 Å². The number of benzene rings is 1. The summed E-state index contributed by atoms with van der Waals surface area (Å²) in [6.07, 6.45) is 6.35. The summed E-state index contributed by atoms with van der Waals surface area (Å²) >= 11 is 0. The van der Waals surface area contributed by atoms with Crippen molar-refractivity contribution in [2.75, 3.05) is 5.75 Å². The molecule has 0 saturated heterocycles. The van der Waals surface area contributed by atoms with E-state index in [0.717, 1.165) is 18.4 Å². The van der Waals surface area contributed by atoms with Gasteiger partial charge in [-0.1, -0.05) is 69.4 Å². The highest BCUT2D eigenvalue weighted by atomic mass is 32.2. The van der Waals surface area contributed by atoms with Crippen LogP contribution in [0.1, 0.15) is 64.9 Å². The van der Waals surface area contributed by atoms with Crippen molar-refractivity contribution >= 4 is 10.1 Å². The Bertz CT molecular complexity index is 492. The highest BCUT2D eigenvalue weighted by Gasteiger charge is 2.28. The summed E-state index contributed by atoms with van der Waals surface area (Å²) in [5.41, 5.74) is 0.0546. The lowest BCUT2D eigenvalue weighted by Crippen LogP contribution is -2.27. The first-order chi connectivity index (χ1) is 9.87. The van der Waals surface area contributed by atoms with Gasteiger partial charge in [-0.05, 0) is 25.8 Å². The van der Waals surface area contributed by atoms with E-state index < -0.39 is 15.7 Å². The van der Waals surface area contributed by atoms with Crippen LogP contribution in [0.5, 0.6) is 0 Å². The van der Waals surface area contributed by atoms with Gasteiger partial charge in [-0.15, -0.1) is 0 Å². The molecule has 3 nitrogen and oxygen atoms in total. The van der Waals surface area contributed by atoms with Crippen molar-refractivity contribution < 1.29 is 12.6 Å². The minimum Gasteiger partial charge on any atom is -0.259 e. The zero-order valence-corrected chi connectivity index (χ0v) is 14.3. The third-order valence-electron chi connectivity index (χ3n) is 3.55. The van der Waals surface area contributed by atoms with Gasteiger partial charge in [0.1, 0.15) is 5.60 Å². The van der Waals surface area contributed by atoms with Gasteiger partial charge in [0, 0.05) is 0 Å². The van der Waals surface area contributed by atoms with Crippen molar-refractivity contribution in [3.8, 4) is 0 Å². The van der Waals surface area contributed by atoms with Gasteiger partial charge in [0.25, 0.3) is 10.1 Å². The van der Waals surface area contributed by atoms with E-state index in [4.69, 9.17) is 4.18 Å². The molecule has 0 radical (unpaired) electrons. The molecule has 21 heavy (non-hydrogen) atoms. The number of hydrogen-bond acceptors (Lipinski definition) is 3. The molecule has 0 bridgehead atoms. The second-order valence-electron chi connectivity index (χ2n) is 5.99. The molecule has 0 aromatic heterocycles. The Labute approximate surface area is 129 Å². The Hall–Kier alpha value is -0.870. The van der Waals surface area contributed by atoms with Gasteiger partial charge < -0.3 is 0 Å². The van der Waals surface area contributed by atoms with Crippen molar-refractivity contribution in [1.82, 2.24) is 0 Å². The van der Waals surface area contributed by atoms with E-state index in [9.17, 15) is 8.42 Å². The maximum absolute atomic E-state index is 12.1. The fourth-order valence-corrected chi connectivity index (χ4v) is 3.68. The summed E-state index contributed by atoms with van der Waals surface area (Å²) < 4.78 is 29.6. The van der Waals surface area contributed by atoms with Gasteiger partial charge in [0.15, 0.2) is 0 Å². The van der Waals surface area contributed by atoms with Crippen LogP contribution in [0.3, 0.4) is 0 Å². The summed E-state index contributed by atoms with van der Waals surface area (Å²) in [6, 6.07) is 9.46. The maximum Gasteiger partial charge on any atom is 0.268 e. The van der Waals surface area contributed by atoms with E-state index in [0.29, 0.717) is 6.42 Å². The zero-order valence-electron chi connectivity index (χ0n) is 13.5. The first-order valence-electron chi connectivity index (χ1n) is 7.86. The van der Waals surface area contributed by atoms with Crippen LogP contribution in [0.2, 0.25) is 0 Å². The van der Waals surface area contributed by atoms with Gasteiger partial charge in [0.05, 0.1) is 5.75 Å². The molecule has 120 valence electrons. The van der Waals surface area contributed by atoms with Crippen LogP contribution in [-0.4, -0.2) is 14.2 Å². The second kappa shape index (κ2) is 8.54. The molecule has 0 heterocycles. The van der Waals surface area contributed by atoms with Crippen LogP contribution in [0, 0.1) is 0 Å². The quantitative estimate of drug-likeness (QED) is 0.467. The van der Waals surface area contributed by atoms with Gasteiger partial charge >= 0.3 is 0 Å². The minimum atomic E-state index is -3.48. The summed E-state index contributed by atoms with van der Waals surface area (Å²) in [6.45, 7) is 5.76. The lowest BCUT2D eigenvalue weighted by atomic mass is 9.99. The third-order valence-corrected chi connectivity index (χ3v) is 5.01. The molecular weight excluding hydrogens is 284 g/mol. The monoisotopic (exact) mass is 312 g/mol. The van der Waals surface area contributed by atoms with E-state index in [1.54, 1.807) is 13.8 Å². The first-order valence-corrected chi connectivity index (χ1v) is 9.44. The van der Waals surface area contributed by atoms with Gasteiger partial charge in [-0.2, -0.15) is 8.42 Å². The van der Waals surface area contributed by atoms with Crippen LogP contribution in [-0.2, 0) is 19.9 Å². The lowest BCUT2D eigenvalue weighted by molar-refractivity contribution is 0.117. The fourth-order valence-electron chi connectivity index (χ4n) is 2.31. The van der Waals surface area contributed by atoms with Crippen LogP contribution >= 0.6 is 0 Å². The SMILES string of the molecule is CCCCCCCCS(=O)(=O)OC(C)(C)c1ccccc1. The molecule has 1 rings (SSSR count). The smallest absolute Gasteiger partial charge is 0.259 e. The van der Waals surface area contributed by atoms with E-state index >= 15 is 0 Å². The number of rotatable bonds is 10. The predicted molar refractivity (Wildman–Crippen MR) is 87.7 cm³/mol. The molecule has 0 saturated carbocycles. The summed E-state index contributed by atoms with van der Waals surface area (Å²) in [5.74, 6) is 0.107. The minimum absolute atomic E-state index is 0.107. The average molecular weight is 312 g/mol. The van der Waals surface area contributed by atoms with Gasteiger partial charge in [-0.25, -0.2) is 0 Å². The zero-order chi connectivity index (χ0) is 15.8. The summed E-state index contributed by atoms with van der Waals surface area (Å²) in [7, 11) is -3.48. The molecule has 1 aromatic carbocycles. The molecule has 0 N–H and O–H groups in total. The summed E-state index contributed by atoms with van der Waals surface area (Å²) in [5, 5.41) is 0. The van der Waals surface area contributed by atoms with E-state index in [1.165, 1.54) is 19.3 Å². The van der Waals surface area contributed by atoms with Crippen molar-refractivity contribution in [3.05, 3.63) is 35.9 Å². The fraction of sp³-hybridized carbons (Fsp3) is 0.647. The van der Waals surface area contributed by atoms with Crippen molar-refractivity contribution in [2.24, 2.45) is 0 Å². The number of hydrogen-bond donors (Lipinski definition) is 0. The van der Waals surface area contributed by atoms with Crippen LogP contribution in [0.4, 0.5) is 0 Å². The molecule has 1 aromatic rings. The Morgan fingerprint density at radius 3 is 2.14 bits per heavy atom. The van der Waals surface area contributed by atoms with Crippen molar-refractivity contribution in [1.29, 1.82) is 0 Å². The Morgan fingerprint density at radius 2 is 1.52 bits per heavy atom. The van der Waals surface area contributed by atoms with Crippen LogP contribution in [0.15, 0.2) is 30.3 Å².